The van der Waals surface area contributed by atoms with Crippen molar-refractivity contribution in [3.8, 4) is 0 Å². The molecular weight excluding hydrogens is 130 g/mol. The van der Waals surface area contributed by atoms with Crippen molar-refractivity contribution in [1.82, 2.24) is 9.97 Å². The van der Waals surface area contributed by atoms with E-state index in [-0.39, 0.29) is 0 Å². The Bertz CT molecular complexity index is 139. The average Bonchev–Trinajstić information content (AvgIpc) is 2.46. The number of aromatic amines is 1. The smallest absolute Gasteiger partial charge is 0.0923 e. The van der Waals surface area contributed by atoms with E-state index in [9.17, 15) is 0 Å². The van der Waals surface area contributed by atoms with Crippen LogP contribution in [0.4, 0.5) is 0 Å². The Morgan fingerprint density at radius 2 is 2.40 bits per heavy atom. The molecule has 0 unspecified atom stereocenters. The first kappa shape index (κ1) is 9.13. The highest BCUT2D eigenvalue weighted by Crippen LogP contribution is 1.88. The Kier molecular flexibility index (Phi) is 5.71. The summed E-state index contributed by atoms with van der Waals surface area (Å²) >= 11 is 0. The summed E-state index contributed by atoms with van der Waals surface area (Å²) in [5.41, 5.74) is 6.30. The van der Waals surface area contributed by atoms with Crippen molar-refractivity contribution in [2.45, 2.75) is 6.42 Å². The maximum absolute atomic E-state index is 7.00. The summed E-state index contributed by atoms with van der Waals surface area (Å²) in [5.74, 6) is 0. The van der Waals surface area contributed by atoms with Crippen molar-refractivity contribution in [1.29, 1.82) is 0 Å². The van der Waals surface area contributed by atoms with E-state index in [2.05, 4.69) is 9.97 Å². The highest BCUT2D eigenvalue weighted by Gasteiger charge is 1.87. The molecule has 0 aliphatic carbocycles. The van der Waals surface area contributed by atoms with Gasteiger partial charge in [0.15, 0.2) is 0 Å². The fraction of sp³-hybridized carbons (Fsp3) is 0.500. The summed E-state index contributed by atoms with van der Waals surface area (Å²) in [6.07, 6.45) is 4.38. The van der Waals surface area contributed by atoms with Crippen LogP contribution in [0.15, 0.2) is 12.5 Å². The number of hydrogen-bond donors (Lipinski definition) is 3. The number of nitrogens with two attached hydrogens (primary N) is 1. The van der Waals surface area contributed by atoms with Crippen LogP contribution in [0.5, 0.6) is 0 Å². The minimum atomic E-state index is 0.671. The Labute approximate surface area is 60.1 Å². The fourth-order valence-electron chi connectivity index (χ4n) is 0.576. The third kappa shape index (κ3) is 3.21. The molecule has 1 heterocycles. The van der Waals surface area contributed by atoms with E-state index in [0.717, 1.165) is 19.2 Å². The predicted molar refractivity (Wildman–Crippen MR) is 39.5 cm³/mol. The van der Waals surface area contributed by atoms with Crippen molar-refractivity contribution in [3.05, 3.63) is 18.2 Å². The summed E-state index contributed by atoms with van der Waals surface area (Å²) in [5, 5.41) is 7.00. The molecule has 0 bridgehead atoms. The molecule has 0 atom stereocenters. The van der Waals surface area contributed by atoms with E-state index in [1.165, 1.54) is 0 Å². The maximum Gasteiger partial charge on any atom is 0.0923 e. The van der Waals surface area contributed by atoms with Gasteiger partial charge in [-0.1, -0.05) is 0 Å². The van der Waals surface area contributed by atoms with Gasteiger partial charge in [0.25, 0.3) is 0 Å². The molecule has 0 aliphatic heterocycles. The lowest BCUT2D eigenvalue weighted by Gasteiger charge is -1.85. The van der Waals surface area contributed by atoms with Crippen molar-refractivity contribution >= 4 is 0 Å². The molecule has 0 aliphatic rings. The number of imidazole rings is 1. The van der Waals surface area contributed by atoms with Gasteiger partial charge < -0.3 is 15.8 Å². The largest absolute Gasteiger partial charge is 0.400 e. The van der Waals surface area contributed by atoms with E-state index in [1.54, 1.807) is 6.33 Å². The van der Waals surface area contributed by atoms with Crippen LogP contribution in [0.1, 0.15) is 5.69 Å². The van der Waals surface area contributed by atoms with Crippen LogP contribution in [-0.4, -0.2) is 28.7 Å². The van der Waals surface area contributed by atoms with Crippen LogP contribution in [-0.2, 0) is 6.42 Å². The summed E-state index contributed by atoms with van der Waals surface area (Å²) < 4.78 is 0. The van der Waals surface area contributed by atoms with Gasteiger partial charge in [-0.05, 0) is 6.54 Å². The van der Waals surface area contributed by atoms with Crippen molar-refractivity contribution in [3.63, 3.8) is 0 Å². The topological polar surface area (TPSA) is 74.9 Å². The predicted octanol–water partition coefficient (Wildman–Crippen LogP) is -0.481. The van der Waals surface area contributed by atoms with Crippen LogP contribution in [0.3, 0.4) is 0 Å². The van der Waals surface area contributed by atoms with E-state index in [0.29, 0.717) is 6.54 Å². The molecule has 0 fully saturated rings. The minimum absolute atomic E-state index is 0.671. The monoisotopic (exact) mass is 143 g/mol. The standard InChI is InChI=1S/C5H9N3.CH4O/c6-2-1-5-3-7-4-8-5;1-2/h3-4H,1-2,6H2,(H,7,8);2H,1H3. The number of aliphatic hydroxyl groups is 1. The lowest BCUT2D eigenvalue weighted by Crippen LogP contribution is -2.02. The highest BCUT2D eigenvalue weighted by atomic mass is 16.2. The summed E-state index contributed by atoms with van der Waals surface area (Å²) in [6, 6.07) is 0. The molecule has 4 N–H and O–H groups in total. The van der Waals surface area contributed by atoms with Crippen molar-refractivity contribution in [2.24, 2.45) is 5.73 Å². The van der Waals surface area contributed by atoms with E-state index >= 15 is 0 Å². The zero-order valence-corrected chi connectivity index (χ0v) is 6.04. The summed E-state index contributed by atoms with van der Waals surface area (Å²) in [4.78, 5) is 6.82. The van der Waals surface area contributed by atoms with Gasteiger partial charge in [0.2, 0.25) is 0 Å². The molecule has 10 heavy (non-hydrogen) atoms. The maximum atomic E-state index is 7.00. The second-order valence-electron chi connectivity index (χ2n) is 1.60. The zero-order chi connectivity index (χ0) is 7.82. The number of nitrogens with one attached hydrogen (secondary N) is 1. The van der Waals surface area contributed by atoms with Crippen LogP contribution in [0, 0.1) is 0 Å². The Hall–Kier alpha value is -0.870. The number of aliphatic hydroxyl groups excluding tert-OH is 1. The lowest BCUT2D eigenvalue weighted by atomic mass is 10.3. The van der Waals surface area contributed by atoms with Gasteiger partial charge in [-0.3, -0.25) is 0 Å². The second kappa shape index (κ2) is 6.25. The minimum Gasteiger partial charge on any atom is -0.400 e. The quantitative estimate of drug-likeness (QED) is 0.523. The molecule has 1 aromatic heterocycles. The molecule has 4 heteroatoms. The lowest BCUT2D eigenvalue weighted by molar-refractivity contribution is 0.399. The first-order valence-corrected chi connectivity index (χ1v) is 3.06. The number of aromatic nitrogens is 2. The van der Waals surface area contributed by atoms with E-state index in [1.807, 2.05) is 6.20 Å². The number of nitrogens with zero attached hydrogens (tertiary/aromatic N) is 1. The SMILES string of the molecule is CO.NCCc1c[nH]cn1. The molecule has 0 aromatic carbocycles. The molecule has 4 nitrogen and oxygen atoms in total. The van der Waals surface area contributed by atoms with Gasteiger partial charge in [-0.25, -0.2) is 4.98 Å². The molecule has 0 spiro atoms. The van der Waals surface area contributed by atoms with Gasteiger partial charge >= 0.3 is 0 Å². The fourth-order valence-corrected chi connectivity index (χ4v) is 0.576. The molecule has 0 radical (unpaired) electrons. The second-order valence-corrected chi connectivity index (χ2v) is 1.60. The first-order chi connectivity index (χ1) is 4.93. The summed E-state index contributed by atoms with van der Waals surface area (Å²) in [6.45, 7) is 0.671. The molecule has 0 amide bonds. The van der Waals surface area contributed by atoms with E-state index in [4.69, 9.17) is 10.8 Å². The average molecular weight is 143 g/mol. The highest BCUT2D eigenvalue weighted by molar-refractivity contribution is 4.93. The van der Waals surface area contributed by atoms with Gasteiger partial charge in [0.1, 0.15) is 0 Å². The Balaban J connectivity index is 0.000000371. The first-order valence-electron chi connectivity index (χ1n) is 3.06. The molecule has 1 rings (SSSR count). The van der Waals surface area contributed by atoms with Gasteiger partial charge in [-0.15, -0.1) is 0 Å². The van der Waals surface area contributed by atoms with Crippen LogP contribution >= 0.6 is 0 Å². The molecule has 1 aromatic rings. The van der Waals surface area contributed by atoms with Crippen molar-refractivity contribution in [2.75, 3.05) is 13.7 Å². The van der Waals surface area contributed by atoms with Crippen LogP contribution in [0.2, 0.25) is 0 Å². The zero-order valence-electron chi connectivity index (χ0n) is 6.04. The van der Waals surface area contributed by atoms with Gasteiger partial charge in [0.05, 0.1) is 12.0 Å². The molecular formula is C6H13N3O. The normalized spacial score (nSPS) is 8.30. The van der Waals surface area contributed by atoms with Gasteiger partial charge in [-0.2, -0.15) is 0 Å². The number of hydrogen-bond acceptors (Lipinski definition) is 3. The van der Waals surface area contributed by atoms with Crippen LogP contribution in [0.25, 0.3) is 0 Å². The van der Waals surface area contributed by atoms with E-state index < -0.39 is 0 Å². The number of rotatable bonds is 2. The number of H-pyrrole nitrogens is 1. The van der Waals surface area contributed by atoms with Gasteiger partial charge in [0, 0.05) is 19.7 Å². The Morgan fingerprint density at radius 3 is 2.80 bits per heavy atom. The third-order valence-corrected chi connectivity index (χ3v) is 0.955. The third-order valence-electron chi connectivity index (χ3n) is 0.955. The molecule has 0 saturated heterocycles. The molecule has 58 valence electrons. The summed E-state index contributed by atoms with van der Waals surface area (Å²) in [7, 11) is 1.00. The molecule has 0 saturated carbocycles. The van der Waals surface area contributed by atoms with Crippen LogP contribution < -0.4 is 5.73 Å². The van der Waals surface area contributed by atoms with Crippen molar-refractivity contribution < 1.29 is 5.11 Å². The Morgan fingerprint density at radius 1 is 1.70 bits per heavy atom.